The molecule has 0 saturated heterocycles. The van der Waals surface area contributed by atoms with Gasteiger partial charge in [0.05, 0.1) is 0 Å². The van der Waals surface area contributed by atoms with Gasteiger partial charge in [-0.2, -0.15) is 12.6 Å². The van der Waals surface area contributed by atoms with Gasteiger partial charge >= 0.3 is 0 Å². The van der Waals surface area contributed by atoms with E-state index in [-0.39, 0.29) is 12.4 Å². The van der Waals surface area contributed by atoms with Crippen LogP contribution in [0.25, 0.3) is 0 Å². The molecule has 0 amide bonds. The molecule has 0 aliphatic carbocycles. The number of halogens is 1. The van der Waals surface area contributed by atoms with Gasteiger partial charge in [0, 0.05) is 12.3 Å². The van der Waals surface area contributed by atoms with Crippen molar-refractivity contribution in [1.29, 1.82) is 0 Å². The highest BCUT2D eigenvalue weighted by Crippen LogP contribution is 1.86. The molecular formula is C6H16ClNS. The second kappa shape index (κ2) is 8.60. The molecule has 0 saturated carbocycles. The fraction of sp³-hybridized carbons (Fsp3) is 1.00. The normalized spacial score (nSPS) is 9.33. The quantitative estimate of drug-likeness (QED) is 0.627. The van der Waals surface area contributed by atoms with Crippen LogP contribution in [0.3, 0.4) is 0 Å². The van der Waals surface area contributed by atoms with Gasteiger partial charge in [-0.05, 0) is 13.1 Å². The predicted molar refractivity (Wildman–Crippen MR) is 48.9 cm³/mol. The van der Waals surface area contributed by atoms with Crippen LogP contribution in [-0.2, 0) is 0 Å². The van der Waals surface area contributed by atoms with Crippen LogP contribution in [0, 0.1) is 0 Å². The Morgan fingerprint density at radius 1 is 1.22 bits per heavy atom. The number of hydrogen-bond donors (Lipinski definition) is 1. The first kappa shape index (κ1) is 12.3. The first-order valence-electron chi connectivity index (χ1n) is 3.18. The van der Waals surface area contributed by atoms with Gasteiger partial charge in [0.2, 0.25) is 0 Å². The van der Waals surface area contributed by atoms with E-state index >= 15 is 0 Å². The van der Waals surface area contributed by atoms with Crippen LogP contribution in [0.4, 0.5) is 0 Å². The van der Waals surface area contributed by atoms with Crippen LogP contribution in [0.5, 0.6) is 0 Å². The second-order valence-electron chi connectivity index (χ2n) is 1.75. The molecule has 3 heteroatoms. The lowest BCUT2D eigenvalue weighted by atomic mass is 10.5. The lowest BCUT2D eigenvalue weighted by Crippen LogP contribution is -2.24. The Morgan fingerprint density at radius 3 is 1.78 bits per heavy atom. The summed E-state index contributed by atoms with van der Waals surface area (Å²) in [5.41, 5.74) is 0. The van der Waals surface area contributed by atoms with Crippen molar-refractivity contribution < 1.29 is 0 Å². The topological polar surface area (TPSA) is 3.24 Å². The Labute approximate surface area is 69.6 Å². The molecule has 1 nitrogen and oxygen atoms in total. The largest absolute Gasteiger partial charge is 0.303 e. The molecule has 9 heavy (non-hydrogen) atoms. The van der Waals surface area contributed by atoms with E-state index in [1.54, 1.807) is 0 Å². The Balaban J connectivity index is 0. The zero-order valence-electron chi connectivity index (χ0n) is 6.13. The number of nitrogens with zero attached hydrogens (tertiary/aromatic N) is 1. The number of thiol groups is 1. The van der Waals surface area contributed by atoms with E-state index in [1.807, 2.05) is 0 Å². The lowest BCUT2D eigenvalue weighted by Gasteiger charge is -2.15. The molecule has 0 unspecified atom stereocenters. The van der Waals surface area contributed by atoms with Crippen LogP contribution in [0.1, 0.15) is 13.8 Å². The highest BCUT2D eigenvalue weighted by molar-refractivity contribution is 7.80. The third-order valence-electron chi connectivity index (χ3n) is 1.31. The summed E-state index contributed by atoms with van der Waals surface area (Å²) < 4.78 is 0. The Morgan fingerprint density at radius 2 is 1.67 bits per heavy atom. The molecule has 0 N–H and O–H groups in total. The molecule has 0 spiro atoms. The van der Waals surface area contributed by atoms with Crippen LogP contribution in [-0.4, -0.2) is 30.3 Å². The van der Waals surface area contributed by atoms with Gasteiger partial charge in [-0.3, -0.25) is 0 Å². The van der Waals surface area contributed by atoms with Crippen molar-refractivity contribution in [1.82, 2.24) is 4.90 Å². The molecule has 0 aromatic heterocycles. The maximum atomic E-state index is 4.13. The van der Waals surface area contributed by atoms with Crippen LogP contribution >= 0.6 is 25.0 Å². The van der Waals surface area contributed by atoms with Gasteiger partial charge in [-0.25, -0.2) is 0 Å². The van der Waals surface area contributed by atoms with E-state index in [9.17, 15) is 0 Å². The molecular weight excluding hydrogens is 154 g/mol. The van der Waals surface area contributed by atoms with Crippen LogP contribution < -0.4 is 0 Å². The highest BCUT2D eigenvalue weighted by atomic mass is 35.5. The molecule has 0 aromatic carbocycles. The minimum atomic E-state index is 0. The molecule has 0 aliphatic heterocycles. The Bertz CT molecular complexity index is 48.3. The molecule has 0 heterocycles. The maximum Gasteiger partial charge on any atom is 0.00696 e. The van der Waals surface area contributed by atoms with E-state index in [4.69, 9.17) is 0 Å². The summed E-state index contributed by atoms with van der Waals surface area (Å²) >= 11 is 4.13. The minimum absolute atomic E-state index is 0. The molecule has 0 fully saturated rings. The zero-order valence-corrected chi connectivity index (χ0v) is 7.84. The third kappa shape index (κ3) is 6.49. The van der Waals surface area contributed by atoms with Gasteiger partial charge in [0.1, 0.15) is 0 Å². The molecule has 0 aliphatic rings. The molecule has 58 valence electrons. The summed E-state index contributed by atoms with van der Waals surface area (Å²) in [6, 6.07) is 0. The predicted octanol–water partition coefficient (Wildman–Crippen LogP) is 1.68. The molecule has 0 bridgehead atoms. The monoisotopic (exact) mass is 169 g/mol. The molecule has 0 radical (unpaired) electrons. The van der Waals surface area contributed by atoms with E-state index in [0.717, 1.165) is 25.4 Å². The van der Waals surface area contributed by atoms with E-state index in [2.05, 4.69) is 31.4 Å². The van der Waals surface area contributed by atoms with E-state index in [0.29, 0.717) is 0 Å². The van der Waals surface area contributed by atoms with Crippen molar-refractivity contribution in [3.05, 3.63) is 0 Å². The van der Waals surface area contributed by atoms with Crippen LogP contribution in [0.2, 0.25) is 0 Å². The number of hydrogen-bond acceptors (Lipinski definition) is 2. The smallest absolute Gasteiger partial charge is 0.00696 e. The van der Waals surface area contributed by atoms with Gasteiger partial charge in [-0.15, -0.1) is 12.4 Å². The highest BCUT2D eigenvalue weighted by Gasteiger charge is 1.93. The van der Waals surface area contributed by atoms with Gasteiger partial charge in [0.25, 0.3) is 0 Å². The fourth-order valence-corrected chi connectivity index (χ4v) is 0.964. The maximum absolute atomic E-state index is 4.13. The van der Waals surface area contributed by atoms with Crippen molar-refractivity contribution in [3.8, 4) is 0 Å². The van der Waals surface area contributed by atoms with Crippen molar-refractivity contribution >= 4 is 25.0 Å². The standard InChI is InChI=1S/C6H15NS.ClH/c1-3-7(4-2)5-6-8;/h8H,3-6H2,1-2H3;1H. The van der Waals surface area contributed by atoms with E-state index < -0.39 is 0 Å². The molecule has 0 rings (SSSR count). The SMILES string of the molecule is CCN(CC)CCS.Cl. The lowest BCUT2D eigenvalue weighted by molar-refractivity contribution is 0.324. The van der Waals surface area contributed by atoms with Crippen molar-refractivity contribution in [2.75, 3.05) is 25.4 Å². The number of rotatable bonds is 4. The average Bonchev–Trinajstić information content (AvgIpc) is 1.83. The first-order valence-corrected chi connectivity index (χ1v) is 3.81. The van der Waals surface area contributed by atoms with Crippen LogP contribution in [0.15, 0.2) is 0 Å². The summed E-state index contributed by atoms with van der Waals surface area (Å²) in [6.45, 7) is 7.77. The first-order chi connectivity index (χ1) is 3.85. The van der Waals surface area contributed by atoms with Crippen molar-refractivity contribution in [2.24, 2.45) is 0 Å². The zero-order chi connectivity index (χ0) is 6.41. The summed E-state index contributed by atoms with van der Waals surface area (Å²) in [5.74, 6) is 0.974. The van der Waals surface area contributed by atoms with Gasteiger partial charge in [-0.1, -0.05) is 13.8 Å². The fourth-order valence-electron chi connectivity index (χ4n) is 0.681. The average molecular weight is 170 g/mol. The summed E-state index contributed by atoms with van der Waals surface area (Å²) in [6.07, 6.45) is 0. The van der Waals surface area contributed by atoms with Crippen molar-refractivity contribution in [3.63, 3.8) is 0 Å². The third-order valence-corrected chi connectivity index (χ3v) is 1.51. The Kier molecular flexibility index (Phi) is 11.7. The van der Waals surface area contributed by atoms with E-state index in [1.165, 1.54) is 0 Å². The van der Waals surface area contributed by atoms with Gasteiger partial charge in [0.15, 0.2) is 0 Å². The minimum Gasteiger partial charge on any atom is -0.303 e. The summed E-state index contributed by atoms with van der Waals surface area (Å²) in [7, 11) is 0. The van der Waals surface area contributed by atoms with Crippen molar-refractivity contribution in [2.45, 2.75) is 13.8 Å². The second-order valence-corrected chi connectivity index (χ2v) is 2.20. The molecule has 0 aromatic rings. The molecule has 0 atom stereocenters. The van der Waals surface area contributed by atoms with Gasteiger partial charge < -0.3 is 4.90 Å². The summed E-state index contributed by atoms with van der Waals surface area (Å²) in [4.78, 5) is 2.35. The Hall–Kier alpha value is 0.600. The summed E-state index contributed by atoms with van der Waals surface area (Å²) in [5, 5.41) is 0.